The molecule has 7 heteroatoms. The Morgan fingerprint density at radius 2 is 2.20 bits per heavy atom. The minimum Gasteiger partial charge on any atom is -0.399 e. The van der Waals surface area contributed by atoms with Gasteiger partial charge in [-0.1, -0.05) is 6.92 Å². The SMILES string of the molecule is CCC(CSC)N(C)C(=O)c1cc(N)ccc1[N+](=O)[O-]. The van der Waals surface area contributed by atoms with Crippen LogP contribution < -0.4 is 5.73 Å². The Morgan fingerprint density at radius 3 is 2.70 bits per heavy atom. The zero-order valence-corrected chi connectivity index (χ0v) is 12.6. The van der Waals surface area contributed by atoms with Crippen LogP contribution in [-0.2, 0) is 0 Å². The van der Waals surface area contributed by atoms with E-state index in [1.807, 2.05) is 13.2 Å². The molecule has 0 aliphatic carbocycles. The monoisotopic (exact) mass is 297 g/mol. The van der Waals surface area contributed by atoms with Gasteiger partial charge < -0.3 is 10.6 Å². The molecule has 1 aromatic rings. The van der Waals surface area contributed by atoms with Gasteiger partial charge in [0.05, 0.1) is 4.92 Å². The number of rotatable bonds is 6. The molecule has 110 valence electrons. The predicted octanol–water partition coefficient (Wildman–Crippen LogP) is 2.39. The van der Waals surface area contributed by atoms with E-state index >= 15 is 0 Å². The number of hydrogen-bond donors (Lipinski definition) is 1. The summed E-state index contributed by atoms with van der Waals surface area (Å²) in [4.78, 5) is 24.5. The van der Waals surface area contributed by atoms with Gasteiger partial charge in [0.25, 0.3) is 11.6 Å². The van der Waals surface area contributed by atoms with Gasteiger partial charge in [0.1, 0.15) is 5.56 Å². The molecule has 0 saturated carbocycles. The lowest BCUT2D eigenvalue weighted by Crippen LogP contribution is -2.38. The highest BCUT2D eigenvalue weighted by atomic mass is 32.2. The number of amides is 1. The summed E-state index contributed by atoms with van der Waals surface area (Å²) in [5, 5.41) is 11.0. The molecular weight excluding hydrogens is 278 g/mol. The number of nitro groups is 1. The van der Waals surface area contributed by atoms with Crippen molar-refractivity contribution < 1.29 is 9.72 Å². The lowest BCUT2D eigenvalue weighted by Gasteiger charge is -2.26. The molecular formula is C13H19N3O3S. The number of nitrogen functional groups attached to an aromatic ring is 1. The van der Waals surface area contributed by atoms with E-state index in [0.29, 0.717) is 5.69 Å². The standard InChI is InChI=1S/C13H19N3O3S/c1-4-10(8-20-3)15(2)13(17)11-7-9(14)5-6-12(11)16(18)19/h5-7,10H,4,8,14H2,1-3H3. The molecule has 0 aromatic heterocycles. The number of anilines is 1. The van der Waals surface area contributed by atoms with Crippen LogP contribution in [0.1, 0.15) is 23.7 Å². The molecule has 1 atom stereocenters. The van der Waals surface area contributed by atoms with Gasteiger partial charge in [-0.3, -0.25) is 14.9 Å². The van der Waals surface area contributed by atoms with Crippen molar-refractivity contribution in [2.75, 3.05) is 24.8 Å². The molecule has 0 aliphatic heterocycles. The number of benzene rings is 1. The quantitative estimate of drug-likeness (QED) is 0.494. The summed E-state index contributed by atoms with van der Waals surface area (Å²) in [6.45, 7) is 1.98. The summed E-state index contributed by atoms with van der Waals surface area (Å²) in [5.41, 5.74) is 5.80. The summed E-state index contributed by atoms with van der Waals surface area (Å²) in [6.07, 6.45) is 2.75. The summed E-state index contributed by atoms with van der Waals surface area (Å²) >= 11 is 1.64. The van der Waals surface area contributed by atoms with Crippen molar-refractivity contribution in [1.29, 1.82) is 0 Å². The van der Waals surface area contributed by atoms with Crippen molar-refractivity contribution in [2.24, 2.45) is 0 Å². The smallest absolute Gasteiger partial charge is 0.282 e. The normalized spacial score (nSPS) is 11.9. The highest BCUT2D eigenvalue weighted by Crippen LogP contribution is 2.24. The topological polar surface area (TPSA) is 89.5 Å². The van der Waals surface area contributed by atoms with Crippen LogP contribution in [0.2, 0.25) is 0 Å². The van der Waals surface area contributed by atoms with Crippen molar-refractivity contribution in [3.63, 3.8) is 0 Å². The van der Waals surface area contributed by atoms with Gasteiger partial charge in [-0.25, -0.2) is 0 Å². The first-order valence-corrected chi connectivity index (χ1v) is 7.61. The molecule has 20 heavy (non-hydrogen) atoms. The number of nitrogens with two attached hydrogens (primary N) is 1. The zero-order chi connectivity index (χ0) is 15.3. The van der Waals surface area contributed by atoms with Gasteiger partial charge in [-0.2, -0.15) is 11.8 Å². The maximum absolute atomic E-state index is 12.5. The van der Waals surface area contributed by atoms with Crippen LogP contribution in [0, 0.1) is 10.1 Å². The van der Waals surface area contributed by atoms with E-state index in [2.05, 4.69) is 0 Å². The second kappa shape index (κ2) is 7.14. The summed E-state index contributed by atoms with van der Waals surface area (Å²) in [6, 6.07) is 4.10. The summed E-state index contributed by atoms with van der Waals surface area (Å²) in [7, 11) is 1.67. The number of carbonyl (C=O) groups excluding carboxylic acids is 1. The Balaban J connectivity index is 3.13. The average molecular weight is 297 g/mol. The molecule has 1 unspecified atom stereocenters. The number of nitro benzene ring substituents is 1. The fourth-order valence-corrected chi connectivity index (χ4v) is 2.78. The number of carbonyl (C=O) groups is 1. The van der Waals surface area contributed by atoms with E-state index in [1.54, 1.807) is 23.7 Å². The van der Waals surface area contributed by atoms with Gasteiger partial charge in [0.2, 0.25) is 0 Å². The summed E-state index contributed by atoms with van der Waals surface area (Å²) < 4.78 is 0. The van der Waals surface area contributed by atoms with E-state index in [1.165, 1.54) is 18.2 Å². The highest BCUT2D eigenvalue weighted by molar-refractivity contribution is 7.98. The third-order valence-corrected chi connectivity index (χ3v) is 3.86. The minimum atomic E-state index is -0.559. The van der Waals surface area contributed by atoms with Crippen molar-refractivity contribution in [3.8, 4) is 0 Å². The van der Waals surface area contributed by atoms with Crippen molar-refractivity contribution in [1.82, 2.24) is 4.90 Å². The second-order valence-corrected chi connectivity index (χ2v) is 5.38. The van der Waals surface area contributed by atoms with Crippen LogP contribution in [0.25, 0.3) is 0 Å². The van der Waals surface area contributed by atoms with Crippen molar-refractivity contribution in [2.45, 2.75) is 19.4 Å². The first-order valence-electron chi connectivity index (χ1n) is 6.22. The molecule has 0 spiro atoms. The van der Waals surface area contributed by atoms with Gasteiger partial charge in [-0.05, 0) is 24.8 Å². The van der Waals surface area contributed by atoms with Crippen LogP contribution in [0.3, 0.4) is 0 Å². The van der Waals surface area contributed by atoms with Crippen molar-refractivity contribution >= 4 is 29.0 Å². The number of nitrogens with zero attached hydrogens (tertiary/aromatic N) is 2. The Morgan fingerprint density at radius 1 is 1.55 bits per heavy atom. The Hall–Kier alpha value is -1.76. The van der Waals surface area contributed by atoms with Crippen LogP contribution in [-0.4, -0.2) is 40.8 Å². The molecule has 1 rings (SSSR count). The van der Waals surface area contributed by atoms with E-state index in [-0.39, 0.29) is 23.2 Å². The first kappa shape index (κ1) is 16.3. The molecule has 0 aliphatic rings. The second-order valence-electron chi connectivity index (χ2n) is 4.47. The van der Waals surface area contributed by atoms with Crippen LogP contribution in [0.5, 0.6) is 0 Å². The van der Waals surface area contributed by atoms with E-state index in [0.717, 1.165) is 12.2 Å². The van der Waals surface area contributed by atoms with Crippen LogP contribution in [0.4, 0.5) is 11.4 Å². The zero-order valence-electron chi connectivity index (χ0n) is 11.8. The maximum atomic E-state index is 12.5. The Kier molecular flexibility index (Phi) is 5.82. The lowest BCUT2D eigenvalue weighted by atomic mass is 10.1. The maximum Gasteiger partial charge on any atom is 0.282 e. The third kappa shape index (κ3) is 3.63. The van der Waals surface area contributed by atoms with Gasteiger partial charge in [0.15, 0.2) is 0 Å². The number of thioether (sulfide) groups is 1. The van der Waals surface area contributed by atoms with Gasteiger partial charge in [-0.15, -0.1) is 0 Å². The third-order valence-electron chi connectivity index (χ3n) is 3.15. The van der Waals surface area contributed by atoms with Crippen molar-refractivity contribution in [3.05, 3.63) is 33.9 Å². The molecule has 0 radical (unpaired) electrons. The minimum absolute atomic E-state index is 0.0389. The van der Waals surface area contributed by atoms with E-state index in [4.69, 9.17) is 5.73 Å². The average Bonchev–Trinajstić information content (AvgIpc) is 2.42. The van der Waals surface area contributed by atoms with E-state index in [9.17, 15) is 14.9 Å². The Labute approximate surface area is 122 Å². The molecule has 0 fully saturated rings. The molecule has 6 nitrogen and oxygen atoms in total. The summed E-state index contributed by atoms with van der Waals surface area (Å²) in [5.74, 6) is 0.416. The molecule has 0 heterocycles. The Bertz CT molecular complexity index is 508. The molecule has 0 saturated heterocycles. The van der Waals surface area contributed by atoms with Gasteiger partial charge >= 0.3 is 0 Å². The predicted molar refractivity (Wildman–Crippen MR) is 82.1 cm³/mol. The fraction of sp³-hybridized carbons (Fsp3) is 0.462. The molecule has 1 aromatic carbocycles. The molecule has 1 amide bonds. The molecule has 0 bridgehead atoms. The van der Waals surface area contributed by atoms with E-state index < -0.39 is 4.92 Å². The van der Waals surface area contributed by atoms with Crippen LogP contribution >= 0.6 is 11.8 Å². The fourth-order valence-electron chi connectivity index (χ4n) is 1.94. The van der Waals surface area contributed by atoms with Gasteiger partial charge in [0, 0.05) is 30.6 Å². The molecule has 2 N–H and O–H groups in total. The highest BCUT2D eigenvalue weighted by Gasteiger charge is 2.26. The van der Waals surface area contributed by atoms with Crippen LogP contribution in [0.15, 0.2) is 18.2 Å². The lowest BCUT2D eigenvalue weighted by molar-refractivity contribution is -0.385. The largest absolute Gasteiger partial charge is 0.399 e. The number of hydrogen-bond acceptors (Lipinski definition) is 5. The first-order chi connectivity index (χ1) is 9.42.